The van der Waals surface area contributed by atoms with Crippen molar-refractivity contribution in [2.75, 3.05) is 45.1 Å². The van der Waals surface area contributed by atoms with Crippen LogP contribution in [-0.2, 0) is 4.79 Å². The van der Waals surface area contributed by atoms with Crippen molar-refractivity contribution in [3.05, 3.63) is 41.4 Å². The smallest absolute Gasteiger partial charge is 0.233 e. The van der Waals surface area contributed by atoms with Gasteiger partial charge in [0.1, 0.15) is 12.4 Å². The zero-order chi connectivity index (χ0) is 17.5. The van der Waals surface area contributed by atoms with Gasteiger partial charge in [-0.3, -0.25) is 9.69 Å². The number of ether oxygens (including phenoxy) is 1. The Labute approximate surface area is 157 Å². The molecule has 134 valence electrons. The third-order valence-corrected chi connectivity index (χ3v) is 6.19. The maximum absolute atomic E-state index is 12.3. The van der Waals surface area contributed by atoms with E-state index in [1.54, 1.807) is 11.3 Å². The van der Waals surface area contributed by atoms with Crippen molar-refractivity contribution in [1.29, 1.82) is 0 Å². The molecule has 1 aromatic carbocycles. The lowest BCUT2D eigenvalue weighted by atomic mass is 10.3. The lowest BCUT2D eigenvalue weighted by Gasteiger charge is -2.34. The van der Waals surface area contributed by atoms with Crippen LogP contribution in [-0.4, -0.2) is 65.8 Å². The van der Waals surface area contributed by atoms with Gasteiger partial charge in [-0.25, -0.2) is 4.98 Å². The van der Waals surface area contributed by atoms with Gasteiger partial charge in [0.05, 0.1) is 5.75 Å². The molecule has 0 spiro atoms. The largest absolute Gasteiger partial charge is 0.492 e. The van der Waals surface area contributed by atoms with Crippen LogP contribution in [0.2, 0.25) is 0 Å². The maximum atomic E-state index is 12.3. The minimum Gasteiger partial charge on any atom is -0.492 e. The van der Waals surface area contributed by atoms with Crippen LogP contribution < -0.4 is 4.74 Å². The summed E-state index contributed by atoms with van der Waals surface area (Å²) in [4.78, 5) is 21.0. The first-order valence-corrected chi connectivity index (χ1v) is 10.3. The van der Waals surface area contributed by atoms with Crippen LogP contribution in [0.15, 0.2) is 40.1 Å². The number of amides is 1. The van der Waals surface area contributed by atoms with Crippen molar-refractivity contribution >= 4 is 29.0 Å². The van der Waals surface area contributed by atoms with Crippen molar-refractivity contribution < 1.29 is 9.53 Å². The normalized spacial score (nSPS) is 15.3. The highest BCUT2D eigenvalue weighted by Gasteiger charge is 2.21. The van der Waals surface area contributed by atoms with Crippen molar-refractivity contribution in [2.45, 2.75) is 11.3 Å². The van der Waals surface area contributed by atoms with Crippen LogP contribution in [0.5, 0.6) is 5.75 Å². The van der Waals surface area contributed by atoms with Gasteiger partial charge in [-0.1, -0.05) is 30.0 Å². The van der Waals surface area contributed by atoms with Crippen molar-refractivity contribution in [3.8, 4) is 5.75 Å². The molecule has 1 amide bonds. The Hall–Kier alpha value is -1.57. The Balaban J connectivity index is 1.33. The first-order valence-electron chi connectivity index (χ1n) is 8.43. The highest BCUT2D eigenvalue weighted by atomic mass is 32.2. The van der Waals surface area contributed by atoms with Crippen LogP contribution in [0, 0.1) is 6.92 Å². The first-order chi connectivity index (χ1) is 12.2. The second kappa shape index (κ2) is 9.22. The summed E-state index contributed by atoms with van der Waals surface area (Å²) < 4.78 is 6.72. The maximum Gasteiger partial charge on any atom is 0.233 e. The number of hydrogen-bond acceptors (Lipinski definition) is 6. The summed E-state index contributed by atoms with van der Waals surface area (Å²) >= 11 is 3.14. The molecule has 0 atom stereocenters. The Morgan fingerprint density at radius 2 is 2.00 bits per heavy atom. The van der Waals surface area contributed by atoms with E-state index >= 15 is 0 Å². The molecule has 0 bridgehead atoms. The predicted molar refractivity (Wildman–Crippen MR) is 103 cm³/mol. The third-order valence-electron chi connectivity index (χ3n) is 4.06. The van der Waals surface area contributed by atoms with Crippen LogP contribution >= 0.6 is 23.1 Å². The van der Waals surface area contributed by atoms with E-state index in [1.165, 1.54) is 11.8 Å². The van der Waals surface area contributed by atoms with Gasteiger partial charge in [0.25, 0.3) is 0 Å². The molecule has 0 aliphatic carbocycles. The van der Waals surface area contributed by atoms with Gasteiger partial charge >= 0.3 is 0 Å². The molecule has 2 heterocycles. The average Bonchev–Trinajstić information content (AvgIpc) is 3.06. The third kappa shape index (κ3) is 5.73. The van der Waals surface area contributed by atoms with E-state index in [9.17, 15) is 4.79 Å². The summed E-state index contributed by atoms with van der Waals surface area (Å²) in [5.41, 5.74) is 1.02. The van der Waals surface area contributed by atoms with Gasteiger partial charge in [0.15, 0.2) is 4.34 Å². The van der Waals surface area contributed by atoms with Crippen molar-refractivity contribution in [1.82, 2.24) is 14.8 Å². The number of aryl methyl sites for hydroxylation is 1. The molecule has 1 aliphatic heterocycles. The number of benzene rings is 1. The van der Waals surface area contributed by atoms with Crippen molar-refractivity contribution in [2.24, 2.45) is 0 Å². The number of carbonyl (C=O) groups excluding carboxylic acids is 1. The van der Waals surface area contributed by atoms with E-state index < -0.39 is 0 Å². The van der Waals surface area contributed by atoms with Gasteiger partial charge in [0.2, 0.25) is 5.91 Å². The second-order valence-electron chi connectivity index (χ2n) is 5.93. The summed E-state index contributed by atoms with van der Waals surface area (Å²) in [6, 6.07) is 9.88. The zero-order valence-corrected chi connectivity index (χ0v) is 16.0. The van der Waals surface area contributed by atoms with E-state index in [0.29, 0.717) is 12.4 Å². The Morgan fingerprint density at radius 1 is 1.24 bits per heavy atom. The summed E-state index contributed by atoms with van der Waals surface area (Å²) in [7, 11) is 0. The van der Waals surface area contributed by atoms with Gasteiger partial charge in [-0.05, 0) is 19.1 Å². The van der Waals surface area contributed by atoms with Gasteiger partial charge in [-0.2, -0.15) is 0 Å². The number of aromatic nitrogens is 1. The van der Waals surface area contributed by atoms with Gasteiger partial charge < -0.3 is 9.64 Å². The molecule has 25 heavy (non-hydrogen) atoms. The van der Waals surface area contributed by atoms with Crippen LogP contribution in [0.3, 0.4) is 0 Å². The Bertz CT molecular complexity index is 670. The number of hydrogen-bond donors (Lipinski definition) is 0. The first kappa shape index (κ1) is 18.2. The number of piperazine rings is 1. The summed E-state index contributed by atoms with van der Waals surface area (Å²) in [6.45, 7) is 6.95. The molecule has 0 unspecified atom stereocenters. The fourth-order valence-electron chi connectivity index (χ4n) is 2.64. The van der Waals surface area contributed by atoms with Gasteiger partial charge in [0, 0.05) is 43.8 Å². The minimum atomic E-state index is 0.207. The Kier molecular flexibility index (Phi) is 6.72. The molecule has 1 aliphatic rings. The molecule has 7 heteroatoms. The number of para-hydroxylation sites is 1. The second-order valence-corrected chi connectivity index (χ2v) is 8.01. The number of rotatable bonds is 7. The highest BCUT2D eigenvalue weighted by Crippen LogP contribution is 2.22. The summed E-state index contributed by atoms with van der Waals surface area (Å²) in [6.07, 6.45) is 0. The average molecular weight is 378 g/mol. The van der Waals surface area contributed by atoms with Crippen LogP contribution in [0.25, 0.3) is 0 Å². The molecule has 1 fully saturated rings. The number of nitrogens with zero attached hydrogens (tertiary/aromatic N) is 3. The molecule has 1 saturated heterocycles. The fraction of sp³-hybridized carbons (Fsp3) is 0.444. The zero-order valence-electron chi connectivity index (χ0n) is 14.4. The van der Waals surface area contributed by atoms with E-state index in [2.05, 4.69) is 9.88 Å². The number of thiazole rings is 1. The molecule has 1 aromatic heterocycles. The molecule has 0 saturated carbocycles. The van der Waals surface area contributed by atoms with Gasteiger partial charge in [-0.15, -0.1) is 11.3 Å². The molecule has 0 radical (unpaired) electrons. The van der Waals surface area contributed by atoms with E-state index in [0.717, 1.165) is 48.5 Å². The molecule has 5 nitrogen and oxygen atoms in total. The summed E-state index contributed by atoms with van der Waals surface area (Å²) in [5.74, 6) is 1.59. The quantitative estimate of drug-likeness (QED) is 0.695. The summed E-state index contributed by atoms with van der Waals surface area (Å²) in [5, 5.41) is 2.02. The van der Waals surface area contributed by atoms with Crippen LogP contribution in [0.1, 0.15) is 5.69 Å². The van der Waals surface area contributed by atoms with E-state index in [-0.39, 0.29) is 5.91 Å². The molecule has 0 N–H and O–H groups in total. The van der Waals surface area contributed by atoms with Crippen molar-refractivity contribution in [3.63, 3.8) is 0 Å². The molecule has 2 aromatic rings. The SMILES string of the molecule is Cc1csc(SCC(=O)N2CCN(CCOc3ccccc3)CC2)n1. The fourth-order valence-corrected chi connectivity index (χ4v) is 4.40. The number of thioether (sulfide) groups is 1. The monoisotopic (exact) mass is 377 g/mol. The molecule has 3 rings (SSSR count). The Morgan fingerprint density at radius 3 is 2.68 bits per heavy atom. The van der Waals surface area contributed by atoms with Crippen LogP contribution in [0.4, 0.5) is 0 Å². The highest BCUT2D eigenvalue weighted by molar-refractivity contribution is 8.01. The standard InChI is InChI=1S/C18H23N3O2S2/c1-15-13-24-18(19-15)25-14-17(22)21-9-7-20(8-10-21)11-12-23-16-5-3-2-4-6-16/h2-6,13H,7-12,14H2,1H3. The molecular formula is C18H23N3O2S2. The lowest BCUT2D eigenvalue weighted by Crippen LogP contribution is -2.50. The molecular weight excluding hydrogens is 354 g/mol. The van der Waals surface area contributed by atoms with E-state index in [1.807, 2.05) is 47.5 Å². The van der Waals surface area contributed by atoms with E-state index in [4.69, 9.17) is 4.74 Å². The lowest BCUT2D eigenvalue weighted by molar-refractivity contribution is -0.130. The predicted octanol–water partition coefficient (Wildman–Crippen LogP) is 2.77. The number of carbonyl (C=O) groups is 1. The topological polar surface area (TPSA) is 45.7 Å². The minimum absolute atomic E-state index is 0.207.